The second kappa shape index (κ2) is 5.32. The molecule has 0 bridgehead atoms. The maximum atomic E-state index is 4.34. The molecule has 0 saturated heterocycles. The number of hydrogen-bond donors (Lipinski definition) is 1. The molecule has 0 saturated carbocycles. The highest BCUT2D eigenvalue weighted by atomic mass is 32.2. The van der Waals surface area contributed by atoms with E-state index in [1.807, 2.05) is 29.4 Å². The highest BCUT2D eigenvalue weighted by Gasteiger charge is 2.07. The average Bonchev–Trinajstić information content (AvgIpc) is 2.83. The minimum absolute atomic E-state index is 0.193. The van der Waals surface area contributed by atoms with Crippen molar-refractivity contribution in [3.8, 4) is 0 Å². The summed E-state index contributed by atoms with van der Waals surface area (Å²) < 4.78 is 0. The molecule has 16 heavy (non-hydrogen) atoms. The Labute approximate surface area is 103 Å². The van der Waals surface area contributed by atoms with Gasteiger partial charge in [0.25, 0.3) is 0 Å². The third-order valence-electron chi connectivity index (χ3n) is 2.23. The van der Waals surface area contributed by atoms with Crippen LogP contribution in [0, 0.1) is 0 Å². The smallest absolute Gasteiger partial charge is 0.126 e. The number of aromatic nitrogens is 2. The summed E-state index contributed by atoms with van der Waals surface area (Å²) in [5.74, 6) is 0.887. The first kappa shape index (κ1) is 11.4. The number of rotatable bonds is 4. The van der Waals surface area contributed by atoms with Gasteiger partial charge >= 0.3 is 0 Å². The first-order chi connectivity index (χ1) is 7.79. The van der Waals surface area contributed by atoms with Crippen molar-refractivity contribution in [1.29, 1.82) is 0 Å². The van der Waals surface area contributed by atoms with Gasteiger partial charge in [-0.2, -0.15) is 0 Å². The van der Waals surface area contributed by atoms with Crippen LogP contribution in [0.25, 0.3) is 0 Å². The van der Waals surface area contributed by atoms with Crippen molar-refractivity contribution in [2.24, 2.45) is 0 Å². The maximum Gasteiger partial charge on any atom is 0.126 e. The Hall–Kier alpha value is -1.07. The van der Waals surface area contributed by atoms with E-state index < -0.39 is 0 Å². The summed E-state index contributed by atoms with van der Waals surface area (Å²) in [5, 5.41) is 5.37. The lowest BCUT2D eigenvalue weighted by Gasteiger charge is -2.12. The minimum Gasteiger partial charge on any atom is -0.362 e. The second-order valence-electron chi connectivity index (χ2n) is 3.36. The van der Waals surface area contributed by atoms with E-state index >= 15 is 0 Å². The van der Waals surface area contributed by atoms with E-state index in [0.717, 1.165) is 11.5 Å². The van der Waals surface area contributed by atoms with Crippen molar-refractivity contribution in [3.63, 3.8) is 0 Å². The highest BCUT2D eigenvalue weighted by Crippen LogP contribution is 2.19. The monoisotopic (exact) mass is 251 g/mol. The molecule has 0 aliphatic carbocycles. The lowest BCUT2D eigenvalue weighted by atomic mass is 10.2. The van der Waals surface area contributed by atoms with E-state index in [9.17, 15) is 0 Å². The molecule has 0 fully saturated rings. The first-order valence-corrected chi connectivity index (χ1v) is 7.11. The molecule has 0 spiro atoms. The van der Waals surface area contributed by atoms with Gasteiger partial charge in [-0.1, -0.05) is 0 Å². The molecule has 0 amide bonds. The van der Waals surface area contributed by atoms with E-state index in [0.29, 0.717) is 0 Å². The highest BCUT2D eigenvalue weighted by molar-refractivity contribution is 7.98. The molecule has 0 aromatic carbocycles. The van der Waals surface area contributed by atoms with Crippen LogP contribution in [0.3, 0.4) is 0 Å². The fourth-order valence-corrected chi connectivity index (χ4v) is 2.33. The van der Waals surface area contributed by atoms with Crippen LogP contribution in [-0.4, -0.2) is 16.2 Å². The van der Waals surface area contributed by atoms with Crippen molar-refractivity contribution in [2.45, 2.75) is 17.9 Å². The van der Waals surface area contributed by atoms with Crippen LogP contribution in [0.4, 0.5) is 5.82 Å². The third-order valence-corrected chi connectivity index (χ3v) is 3.55. The van der Waals surface area contributed by atoms with Gasteiger partial charge in [0, 0.05) is 16.5 Å². The Bertz CT molecular complexity index is 425. The Morgan fingerprint density at radius 2 is 2.25 bits per heavy atom. The van der Waals surface area contributed by atoms with Crippen LogP contribution < -0.4 is 5.32 Å². The molecule has 0 aliphatic heterocycles. The SMILES string of the molecule is CSc1ccc(NC(C)c2cscn2)nc1. The fraction of sp³-hybridized carbons (Fsp3) is 0.273. The summed E-state index contributed by atoms with van der Waals surface area (Å²) in [5.41, 5.74) is 2.90. The normalized spacial score (nSPS) is 12.4. The van der Waals surface area contributed by atoms with Gasteiger partial charge in [0.2, 0.25) is 0 Å². The molecule has 0 aliphatic rings. The predicted octanol–water partition coefficient (Wildman–Crippen LogP) is 3.43. The zero-order chi connectivity index (χ0) is 11.4. The summed E-state index contributed by atoms with van der Waals surface area (Å²) in [6.45, 7) is 2.08. The van der Waals surface area contributed by atoms with Gasteiger partial charge in [0.15, 0.2) is 0 Å². The summed E-state index contributed by atoms with van der Waals surface area (Å²) in [6.07, 6.45) is 3.92. The Balaban J connectivity index is 2.03. The van der Waals surface area contributed by atoms with Crippen molar-refractivity contribution in [1.82, 2.24) is 9.97 Å². The molecule has 3 nitrogen and oxygen atoms in total. The number of nitrogens with one attached hydrogen (secondary N) is 1. The number of nitrogens with zero attached hydrogens (tertiary/aromatic N) is 2. The zero-order valence-electron chi connectivity index (χ0n) is 9.18. The van der Waals surface area contributed by atoms with Crippen molar-refractivity contribution >= 4 is 28.9 Å². The standard InChI is InChI=1S/C11H13N3S2/c1-8(10-6-16-7-13-10)14-11-4-3-9(15-2)5-12-11/h3-8H,1-2H3,(H,12,14). The van der Waals surface area contributed by atoms with Crippen molar-refractivity contribution in [2.75, 3.05) is 11.6 Å². The number of thioether (sulfide) groups is 1. The number of thiazole rings is 1. The van der Waals surface area contributed by atoms with Gasteiger partial charge in [-0.25, -0.2) is 9.97 Å². The van der Waals surface area contributed by atoms with Gasteiger partial charge in [-0.3, -0.25) is 0 Å². The van der Waals surface area contributed by atoms with E-state index in [2.05, 4.69) is 28.3 Å². The molecule has 2 rings (SSSR count). The Morgan fingerprint density at radius 3 is 2.81 bits per heavy atom. The van der Waals surface area contributed by atoms with Crippen LogP contribution in [0.5, 0.6) is 0 Å². The third kappa shape index (κ3) is 2.74. The summed E-state index contributed by atoms with van der Waals surface area (Å²) in [7, 11) is 0. The quantitative estimate of drug-likeness (QED) is 0.845. The van der Waals surface area contributed by atoms with E-state index in [1.54, 1.807) is 23.1 Å². The fourth-order valence-electron chi connectivity index (χ4n) is 1.32. The molecular formula is C11H13N3S2. The number of anilines is 1. The molecular weight excluding hydrogens is 238 g/mol. The van der Waals surface area contributed by atoms with Crippen LogP contribution in [0.1, 0.15) is 18.7 Å². The molecule has 1 N–H and O–H groups in total. The molecule has 0 radical (unpaired) electrons. The van der Waals surface area contributed by atoms with E-state index in [4.69, 9.17) is 0 Å². The van der Waals surface area contributed by atoms with Gasteiger partial charge < -0.3 is 5.32 Å². The topological polar surface area (TPSA) is 37.8 Å². The van der Waals surface area contributed by atoms with Gasteiger partial charge in [0.1, 0.15) is 5.82 Å². The molecule has 1 unspecified atom stereocenters. The largest absolute Gasteiger partial charge is 0.362 e. The van der Waals surface area contributed by atoms with Crippen molar-refractivity contribution in [3.05, 3.63) is 34.9 Å². The molecule has 5 heteroatoms. The maximum absolute atomic E-state index is 4.34. The van der Waals surface area contributed by atoms with E-state index in [1.165, 1.54) is 4.90 Å². The van der Waals surface area contributed by atoms with Crippen molar-refractivity contribution < 1.29 is 0 Å². The molecule has 2 aromatic rings. The summed E-state index contributed by atoms with van der Waals surface area (Å²) in [4.78, 5) is 9.79. The van der Waals surface area contributed by atoms with Crippen LogP contribution in [0.15, 0.2) is 34.1 Å². The van der Waals surface area contributed by atoms with Gasteiger partial charge in [-0.05, 0) is 25.3 Å². The van der Waals surface area contributed by atoms with Gasteiger partial charge in [-0.15, -0.1) is 23.1 Å². The molecule has 1 atom stereocenters. The van der Waals surface area contributed by atoms with Crippen LogP contribution in [-0.2, 0) is 0 Å². The Morgan fingerprint density at radius 1 is 1.38 bits per heavy atom. The van der Waals surface area contributed by atoms with E-state index in [-0.39, 0.29) is 6.04 Å². The summed E-state index contributed by atoms with van der Waals surface area (Å²) >= 11 is 3.30. The molecule has 2 aromatic heterocycles. The van der Waals surface area contributed by atoms with Crippen LogP contribution >= 0.6 is 23.1 Å². The van der Waals surface area contributed by atoms with Gasteiger partial charge in [0.05, 0.1) is 17.2 Å². The average molecular weight is 251 g/mol. The zero-order valence-corrected chi connectivity index (χ0v) is 10.8. The van der Waals surface area contributed by atoms with Crippen LogP contribution in [0.2, 0.25) is 0 Å². The number of hydrogen-bond acceptors (Lipinski definition) is 5. The Kier molecular flexibility index (Phi) is 3.79. The lowest BCUT2D eigenvalue weighted by Crippen LogP contribution is -2.07. The molecule has 84 valence electrons. The first-order valence-electron chi connectivity index (χ1n) is 4.94. The summed E-state index contributed by atoms with van der Waals surface area (Å²) in [6, 6.07) is 4.25. The minimum atomic E-state index is 0.193. The lowest BCUT2D eigenvalue weighted by molar-refractivity contribution is 0.841. The predicted molar refractivity (Wildman–Crippen MR) is 70.2 cm³/mol. The second-order valence-corrected chi connectivity index (χ2v) is 4.96. The number of pyridine rings is 1. The molecule has 2 heterocycles.